The van der Waals surface area contributed by atoms with E-state index in [9.17, 15) is 4.79 Å². The average Bonchev–Trinajstić information content (AvgIpc) is 2.83. The fraction of sp³-hybridized carbons (Fsp3) is 0. The number of halogens is 1. The molecule has 0 saturated heterocycles. The number of hydrogen-bond donors (Lipinski definition) is 1. The number of nitrogens with one attached hydrogen (secondary N) is 1. The smallest absolute Gasteiger partial charge is 0.267 e. The van der Waals surface area contributed by atoms with Gasteiger partial charge in [0.1, 0.15) is 0 Å². The lowest BCUT2D eigenvalue weighted by atomic mass is 10.1. The summed E-state index contributed by atoms with van der Waals surface area (Å²) in [5.41, 5.74) is 1.66. The van der Waals surface area contributed by atoms with Crippen molar-refractivity contribution < 1.29 is 0 Å². The number of rotatable bonds is 1. The molecule has 0 radical (unpaired) electrons. The summed E-state index contributed by atoms with van der Waals surface area (Å²) >= 11 is 5.01. The highest BCUT2D eigenvalue weighted by molar-refractivity contribution is 9.10. The number of aromatic nitrogens is 2. The van der Waals surface area contributed by atoms with E-state index in [1.54, 1.807) is 11.3 Å². The Balaban J connectivity index is 2.47. The molecule has 2 aromatic heterocycles. The van der Waals surface area contributed by atoms with Crippen LogP contribution in [0.5, 0.6) is 0 Å². The molecule has 0 amide bonds. The largest absolute Gasteiger partial charge is 0.273 e. The molecular formula is C12H7BrN2OS. The Morgan fingerprint density at radius 1 is 1.29 bits per heavy atom. The van der Waals surface area contributed by atoms with E-state index in [1.165, 1.54) is 0 Å². The third kappa shape index (κ3) is 1.71. The quantitative estimate of drug-likeness (QED) is 0.749. The van der Waals surface area contributed by atoms with Gasteiger partial charge in [-0.25, -0.2) is 5.10 Å². The van der Waals surface area contributed by atoms with Crippen molar-refractivity contribution in [3.05, 3.63) is 49.9 Å². The van der Waals surface area contributed by atoms with Gasteiger partial charge in [-0.2, -0.15) is 16.4 Å². The van der Waals surface area contributed by atoms with Crippen LogP contribution < -0.4 is 5.56 Å². The molecular weight excluding hydrogens is 300 g/mol. The van der Waals surface area contributed by atoms with Crippen LogP contribution in [0.2, 0.25) is 0 Å². The van der Waals surface area contributed by atoms with Gasteiger partial charge in [-0.1, -0.05) is 12.1 Å². The summed E-state index contributed by atoms with van der Waals surface area (Å²) < 4.78 is 0.787. The maximum atomic E-state index is 11.8. The minimum atomic E-state index is -0.175. The van der Waals surface area contributed by atoms with Gasteiger partial charge < -0.3 is 0 Å². The molecule has 3 aromatic rings. The van der Waals surface area contributed by atoms with Gasteiger partial charge in [-0.3, -0.25) is 4.79 Å². The van der Waals surface area contributed by atoms with Gasteiger partial charge in [0, 0.05) is 20.8 Å². The summed E-state index contributed by atoms with van der Waals surface area (Å²) in [6.45, 7) is 0. The summed E-state index contributed by atoms with van der Waals surface area (Å²) in [5.74, 6) is 0. The van der Waals surface area contributed by atoms with Crippen molar-refractivity contribution >= 4 is 38.0 Å². The SMILES string of the molecule is O=c1[nH]nc(-c2ccsc2)c2cccc(Br)c12. The topological polar surface area (TPSA) is 45.8 Å². The lowest BCUT2D eigenvalue weighted by Gasteiger charge is -2.04. The van der Waals surface area contributed by atoms with Crippen LogP contribution in [0.3, 0.4) is 0 Å². The van der Waals surface area contributed by atoms with Crippen molar-refractivity contribution in [2.24, 2.45) is 0 Å². The first-order valence-electron chi connectivity index (χ1n) is 4.97. The number of fused-ring (bicyclic) bond motifs is 1. The lowest BCUT2D eigenvalue weighted by molar-refractivity contribution is 1.02. The van der Waals surface area contributed by atoms with E-state index in [4.69, 9.17) is 0 Å². The van der Waals surface area contributed by atoms with Crippen LogP contribution in [0, 0.1) is 0 Å². The molecule has 0 aliphatic heterocycles. The van der Waals surface area contributed by atoms with E-state index in [1.807, 2.05) is 35.0 Å². The maximum absolute atomic E-state index is 11.8. The Bertz CT molecular complexity index is 734. The minimum absolute atomic E-state index is 0.175. The van der Waals surface area contributed by atoms with Crippen LogP contribution in [0.15, 0.2) is 44.3 Å². The molecule has 3 rings (SSSR count). The highest BCUT2D eigenvalue weighted by Gasteiger charge is 2.10. The molecule has 2 heterocycles. The molecule has 0 bridgehead atoms. The number of hydrogen-bond acceptors (Lipinski definition) is 3. The molecule has 0 fully saturated rings. The molecule has 0 spiro atoms. The first-order chi connectivity index (χ1) is 8.27. The van der Waals surface area contributed by atoms with Gasteiger partial charge >= 0.3 is 0 Å². The second-order valence-corrected chi connectivity index (χ2v) is 5.21. The van der Waals surface area contributed by atoms with Crippen molar-refractivity contribution in [3.8, 4) is 11.3 Å². The first-order valence-corrected chi connectivity index (χ1v) is 6.70. The highest BCUT2D eigenvalue weighted by atomic mass is 79.9. The summed E-state index contributed by atoms with van der Waals surface area (Å²) in [6.07, 6.45) is 0. The molecule has 5 heteroatoms. The third-order valence-electron chi connectivity index (χ3n) is 2.56. The normalized spacial score (nSPS) is 10.9. The molecule has 84 valence electrons. The molecule has 0 saturated carbocycles. The van der Waals surface area contributed by atoms with E-state index in [-0.39, 0.29) is 5.56 Å². The first kappa shape index (κ1) is 10.7. The maximum Gasteiger partial charge on any atom is 0.273 e. The van der Waals surface area contributed by atoms with Crippen molar-refractivity contribution in [2.45, 2.75) is 0 Å². The van der Waals surface area contributed by atoms with Crippen molar-refractivity contribution in [1.29, 1.82) is 0 Å². The van der Waals surface area contributed by atoms with Gasteiger partial charge in [0.05, 0.1) is 11.1 Å². The number of H-pyrrole nitrogens is 1. The Kier molecular flexibility index (Phi) is 2.57. The van der Waals surface area contributed by atoms with Gasteiger partial charge in [0.15, 0.2) is 0 Å². The van der Waals surface area contributed by atoms with E-state index < -0.39 is 0 Å². The fourth-order valence-electron chi connectivity index (χ4n) is 1.79. The Hall–Kier alpha value is -1.46. The summed E-state index contributed by atoms with van der Waals surface area (Å²) in [5, 5.41) is 12.2. The molecule has 0 atom stereocenters. The molecule has 0 unspecified atom stereocenters. The number of aromatic amines is 1. The molecule has 1 N–H and O–H groups in total. The second-order valence-electron chi connectivity index (χ2n) is 3.58. The van der Waals surface area contributed by atoms with Crippen LogP contribution in [-0.2, 0) is 0 Å². The molecule has 0 aliphatic carbocycles. The van der Waals surface area contributed by atoms with Gasteiger partial charge in [-0.05, 0) is 33.4 Å². The Labute approximate surface area is 109 Å². The monoisotopic (exact) mass is 306 g/mol. The summed E-state index contributed by atoms with van der Waals surface area (Å²) in [6, 6.07) is 7.67. The van der Waals surface area contributed by atoms with Gasteiger partial charge in [0.25, 0.3) is 5.56 Å². The predicted octanol–water partition coefficient (Wildman–Crippen LogP) is 3.41. The zero-order chi connectivity index (χ0) is 11.8. The standard InChI is InChI=1S/C12H7BrN2OS/c13-9-3-1-2-8-10(9)12(16)15-14-11(8)7-4-5-17-6-7/h1-6H,(H,15,16). The third-order valence-corrected chi connectivity index (χ3v) is 3.90. The number of thiophene rings is 1. The van der Waals surface area contributed by atoms with Crippen molar-refractivity contribution in [1.82, 2.24) is 10.2 Å². The zero-order valence-electron chi connectivity index (χ0n) is 8.61. The van der Waals surface area contributed by atoms with E-state index >= 15 is 0 Å². The van der Waals surface area contributed by atoms with Crippen LogP contribution in [-0.4, -0.2) is 10.2 Å². The Morgan fingerprint density at radius 2 is 2.18 bits per heavy atom. The second kappa shape index (κ2) is 4.09. The zero-order valence-corrected chi connectivity index (χ0v) is 11.0. The number of nitrogens with zero attached hydrogens (tertiary/aromatic N) is 1. The molecule has 17 heavy (non-hydrogen) atoms. The van der Waals surface area contributed by atoms with Crippen LogP contribution in [0.1, 0.15) is 0 Å². The van der Waals surface area contributed by atoms with E-state index in [0.717, 1.165) is 21.1 Å². The van der Waals surface area contributed by atoms with Gasteiger partial charge in [-0.15, -0.1) is 0 Å². The van der Waals surface area contributed by atoms with Gasteiger partial charge in [0.2, 0.25) is 0 Å². The van der Waals surface area contributed by atoms with E-state index in [0.29, 0.717) is 5.39 Å². The Morgan fingerprint density at radius 3 is 2.94 bits per heavy atom. The number of benzene rings is 1. The minimum Gasteiger partial charge on any atom is -0.267 e. The molecule has 1 aromatic carbocycles. The predicted molar refractivity (Wildman–Crippen MR) is 73.4 cm³/mol. The van der Waals surface area contributed by atoms with Crippen molar-refractivity contribution in [2.75, 3.05) is 0 Å². The summed E-state index contributed by atoms with van der Waals surface area (Å²) in [4.78, 5) is 11.8. The summed E-state index contributed by atoms with van der Waals surface area (Å²) in [7, 11) is 0. The average molecular weight is 307 g/mol. The fourth-order valence-corrected chi connectivity index (χ4v) is 2.98. The lowest BCUT2D eigenvalue weighted by Crippen LogP contribution is -2.09. The van der Waals surface area contributed by atoms with Crippen LogP contribution in [0.25, 0.3) is 22.0 Å². The van der Waals surface area contributed by atoms with Crippen molar-refractivity contribution in [3.63, 3.8) is 0 Å². The van der Waals surface area contributed by atoms with Crippen LogP contribution >= 0.6 is 27.3 Å². The molecule has 3 nitrogen and oxygen atoms in total. The van der Waals surface area contributed by atoms with Crippen LogP contribution in [0.4, 0.5) is 0 Å². The van der Waals surface area contributed by atoms with E-state index in [2.05, 4.69) is 26.1 Å². The highest BCUT2D eigenvalue weighted by Crippen LogP contribution is 2.29. The molecule has 0 aliphatic rings.